The van der Waals surface area contributed by atoms with Gasteiger partial charge >= 0.3 is 0 Å². The number of hydrogen-bond donors (Lipinski definition) is 1. The molecule has 0 rings (SSSR count). The van der Waals surface area contributed by atoms with Crippen molar-refractivity contribution in [2.75, 3.05) is 13.1 Å². The zero-order valence-corrected chi connectivity index (χ0v) is 10.8. The summed E-state index contributed by atoms with van der Waals surface area (Å²) in [5.41, 5.74) is 0. The first-order valence-electron chi connectivity index (χ1n) is 6.09. The highest BCUT2D eigenvalue weighted by Crippen LogP contribution is 2.03. The Labute approximate surface area is 94.2 Å². The Morgan fingerprint density at radius 2 is 1.80 bits per heavy atom. The third-order valence-corrected chi connectivity index (χ3v) is 3.00. The van der Waals surface area contributed by atoms with Gasteiger partial charge < -0.3 is 10.2 Å². The number of nitrogens with zero attached hydrogens (tertiary/aromatic N) is 1. The van der Waals surface area contributed by atoms with Crippen LogP contribution < -0.4 is 5.32 Å². The fourth-order valence-corrected chi connectivity index (χ4v) is 1.46. The lowest BCUT2D eigenvalue weighted by molar-refractivity contribution is -0.132. The molecule has 0 aliphatic heterocycles. The van der Waals surface area contributed by atoms with E-state index >= 15 is 0 Å². The van der Waals surface area contributed by atoms with Gasteiger partial charge in [0.25, 0.3) is 0 Å². The molecule has 0 aliphatic carbocycles. The van der Waals surface area contributed by atoms with Crippen LogP contribution in [0.4, 0.5) is 0 Å². The van der Waals surface area contributed by atoms with Gasteiger partial charge in [-0.05, 0) is 33.6 Å². The lowest BCUT2D eigenvalue weighted by Crippen LogP contribution is -2.44. The molecule has 3 heteroatoms. The van der Waals surface area contributed by atoms with Crippen LogP contribution in [0.5, 0.6) is 0 Å². The smallest absolute Gasteiger partial charge is 0.236 e. The summed E-state index contributed by atoms with van der Waals surface area (Å²) in [5.74, 6) is 0.215. The van der Waals surface area contributed by atoms with Crippen LogP contribution in [0.25, 0.3) is 0 Å². The van der Waals surface area contributed by atoms with Crippen LogP contribution in [-0.2, 0) is 4.79 Å². The van der Waals surface area contributed by atoms with Crippen molar-refractivity contribution in [3.63, 3.8) is 0 Å². The van der Waals surface area contributed by atoms with E-state index in [0.29, 0.717) is 18.6 Å². The summed E-state index contributed by atoms with van der Waals surface area (Å²) in [6.07, 6.45) is 2.08. The summed E-state index contributed by atoms with van der Waals surface area (Å²) in [5, 5.41) is 3.23. The third kappa shape index (κ3) is 5.17. The maximum Gasteiger partial charge on any atom is 0.236 e. The SMILES string of the molecule is CCC(C)NCC(=O)N(CC)C(C)CC. The van der Waals surface area contributed by atoms with E-state index < -0.39 is 0 Å². The highest BCUT2D eigenvalue weighted by atomic mass is 16.2. The van der Waals surface area contributed by atoms with E-state index in [-0.39, 0.29) is 5.91 Å². The van der Waals surface area contributed by atoms with E-state index in [0.717, 1.165) is 19.4 Å². The molecule has 0 aliphatic rings. The van der Waals surface area contributed by atoms with E-state index in [9.17, 15) is 4.79 Å². The first-order valence-corrected chi connectivity index (χ1v) is 6.09. The van der Waals surface area contributed by atoms with Gasteiger partial charge in [0.1, 0.15) is 0 Å². The van der Waals surface area contributed by atoms with Crippen molar-refractivity contribution in [2.24, 2.45) is 0 Å². The summed E-state index contributed by atoms with van der Waals surface area (Å²) < 4.78 is 0. The van der Waals surface area contributed by atoms with E-state index in [2.05, 4.69) is 33.0 Å². The zero-order valence-electron chi connectivity index (χ0n) is 10.8. The van der Waals surface area contributed by atoms with E-state index in [1.807, 2.05) is 11.8 Å². The molecule has 0 aromatic heterocycles. The molecular formula is C12H26N2O. The molecule has 0 radical (unpaired) electrons. The van der Waals surface area contributed by atoms with E-state index in [1.54, 1.807) is 0 Å². The van der Waals surface area contributed by atoms with Crippen molar-refractivity contribution in [3.8, 4) is 0 Å². The maximum atomic E-state index is 11.9. The van der Waals surface area contributed by atoms with Crippen molar-refractivity contribution in [2.45, 2.75) is 59.5 Å². The molecule has 0 spiro atoms. The molecule has 0 bridgehead atoms. The van der Waals surface area contributed by atoms with Gasteiger partial charge in [0.05, 0.1) is 6.54 Å². The molecule has 2 unspecified atom stereocenters. The van der Waals surface area contributed by atoms with Crippen LogP contribution in [0.3, 0.4) is 0 Å². The molecule has 2 atom stereocenters. The standard InChI is InChI=1S/C12H26N2O/c1-6-10(4)13-9-12(15)14(8-3)11(5)7-2/h10-11,13H,6-9H2,1-5H3. The van der Waals surface area contributed by atoms with Crippen LogP contribution in [0, 0.1) is 0 Å². The van der Waals surface area contributed by atoms with Crippen LogP contribution >= 0.6 is 0 Å². The third-order valence-electron chi connectivity index (χ3n) is 3.00. The van der Waals surface area contributed by atoms with Gasteiger partial charge in [-0.25, -0.2) is 0 Å². The van der Waals surface area contributed by atoms with Crippen LogP contribution in [0.2, 0.25) is 0 Å². The van der Waals surface area contributed by atoms with Crippen molar-refractivity contribution < 1.29 is 4.79 Å². The number of carbonyl (C=O) groups is 1. The second kappa shape index (κ2) is 7.69. The molecule has 1 N–H and O–H groups in total. The largest absolute Gasteiger partial charge is 0.339 e. The Bertz CT molecular complexity index is 182. The minimum atomic E-state index is 0.215. The van der Waals surface area contributed by atoms with Gasteiger partial charge in [-0.15, -0.1) is 0 Å². The number of likely N-dealkylation sites (N-methyl/N-ethyl adjacent to an activating group) is 1. The fourth-order valence-electron chi connectivity index (χ4n) is 1.46. The summed E-state index contributed by atoms with van der Waals surface area (Å²) in [6.45, 7) is 11.7. The van der Waals surface area contributed by atoms with Crippen molar-refractivity contribution in [1.29, 1.82) is 0 Å². The van der Waals surface area contributed by atoms with Gasteiger partial charge in [-0.2, -0.15) is 0 Å². The minimum Gasteiger partial charge on any atom is -0.339 e. The molecule has 0 heterocycles. The summed E-state index contributed by atoms with van der Waals surface area (Å²) in [7, 11) is 0. The van der Waals surface area contributed by atoms with Crippen molar-refractivity contribution in [3.05, 3.63) is 0 Å². The highest BCUT2D eigenvalue weighted by molar-refractivity contribution is 5.78. The van der Waals surface area contributed by atoms with Crippen LogP contribution in [-0.4, -0.2) is 36.0 Å². The van der Waals surface area contributed by atoms with Crippen LogP contribution in [0.1, 0.15) is 47.5 Å². The molecule has 15 heavy (non-hydrogen) atoms. The molecule has 0 fully saturated rings. The Morgan fingerprint density at radius 3 is 2.20 bits per heavy atom. The second-order valence-corrected chi connectivity index (χ2v) is 4.13. The van der Waals surface area contributed by atoms with E-state index in [4.69, 9.17) is 0 Å². The lowest BCUT2D eigenvalue weighted by Gasteiger charge is -2.28. The average molecular weight is 214 g/mol. The molecule has 0 saturated heterocycles. The highest BCUT2D eigenvalue weighted by Gasteiger charge is 2.16. The second-order valence-electron chi connectivity index (χ2n) is 4.13. The molecule has 3 nitrogen and oxygen atoms in total. The maximum absolute atomic E-state index is 11.9. The minimum absolute atomic E-state index is 0.215. The normalized spacial score (nSPS) is 14.7. The average Bonchev–Trinajstić information content (AvgIpc) is 2.26. The summed E-state index contributed by atoms with van der Waals surface area (Å²) in [4.78, 5) is 13.8. The zero-order chi connectivity index (χ0) is 11.8. The Balaban J connectivity index is 4.04. The Kier molecular flexibility index (Phi) is 7.39. The number of amides is 1. The monoisotopic (exact) mass is 214 g/mol. The van der Waals surface area contributed by atoms with Gasteiger partial charge in [0.15, 0.2) is 0 Å². The predicted molar refractivity (Wildman–Crippen MR) is 64.9 cm³/mol. The summed E-state index contributed by atoms with van der Waals surface area (Å²) in [6, 6.07) is 0.769. The predicted octanol–water partition coefficient (Wildman–Crippen LogP) is 2.02. The lowest BCUT2D eigenvalue weighted by atomic mass is 10.2. The fraction of sp³-hybridized carbons (Fsp3) is 0.917. The number of hydrogen-bond acceptors (Lipinski definition) is 2. The Hall–Kier alpha value is -0.570. The number of nitrogens with one attached hydrogen (secondary N) is 1. The molecule has 0 aromatic carbocycles. The number of carbonyl (C=O) groups excluding carboxylic acids is 1. The van der Waals surface area contributed by atoms with Gasteiger partial charge in [-0.1, -0.05) is 13.8 Å². The summed E-state index contributed by atoms with van der Waals surface area (Å²) >= 11 is 0. The first-order chi connectivity index (χ1) is 7.06. The molecule has 1 amide bonds. The molecule has 90 valence electrons. The Morgan fingerprint density at radius 1 is 1.20 bits per heavy atom. The molecular weight excluding hydrogens is 188 g/mol. The van der Waals surface area contributed by atoms with E-state index in [1.165, 1.54) is 0 Å². The first kappa shape index (κ1) is 14.4. The molecule has 0 aromatic rings. The van der Waals surface area contributed by atoms with Crippen molar-refractivity contribution >= 4 is 5.91 Å². The van der Waals surface area contributed by atoms with Gasteiger partial charge in [-0.3, -0.25) is 4.79 Å². The quantitative estimate of drug-likeness (QED) is 0.703. The number of rotatable bonds is 7. The van der Waals surface area contributed by atoms with Crippen molar-refractivity contribution in [1.82, 2.24) is 10.2 Å². The van der Waals surface area contributed by atoms with Crippen LogP contribution in [0.15, 0.2) is 0 Å². The van der Waals surface area contributed by atoms with Gasteiger partial charge in [0.2, 0.25) is 5.91 Å². The topological polar surface area (TPSA) is 32.3 Å². The molecule has 0 saturated carbocycles. The van der Waals surface area contributed by atoms with Gasteiger partial charge in [0, 0.05) is 18.6 Å².